The summed E-state index contributed by atoms with van der Waals surface area (Å²) in [7, 11) is 0. The normalized spacial score (nSPS) is 22.1. The fourth-order valence-electron chi connectivity index (χ4n) is 5.23. The first-order valence-electron chi connectivity index (χ1n) is 11.8. The van der Waals surface area contributed by atoms with Crippen LogP contribution >= 0.6 is 0 Å². The molecule has 2 fully saturated rings. The van der Waals surface area contributed by atoms with Crippen molar-refractivity contribution in [2.75, 3.05) is 42.3 Å². The SMILES string of the molecule is Nc1nc(O[C@H](c2ccc3c(c2)CNCN3)C(F)(F)F)cc(N2CCC3(CC2)CNC(C(=O)O)C3)n1. The summed E-state index contributed by atoms with van der Waals surface area (Å²) in [5.74, 6) is -0.920. The first-order chi connectivity index (χ1) is 17.1. The first-order valence-corrected chi connectivity index (χ1v) is 11.8. The van der Waals surface area contributed by atoms with Crippen molar-refractivity contribution in [1.29, 1.82) is 0 Å². The fraction of sp³-hybridized carbons (Fsp3) is 0.522. The summed E-state index contributed by atoms with van der Waals surface area (Å²) >= 11 is 0. The number of anilines is 3. The number of hydrogen-bond acceptors (Lipinski definition) is 9. The molecule has 36 heavy (non-hydrogen) atoms. The van der Waals surface area contributed by atoms with E-state index in [1.165, 1.54) is 18.2 Å². The number of hydrogen-bond donors (Lipinski definition) is 5. The van der Waals surface area contributed by atoms with Gasteiger partial charge in [0.05, 0.1) is 6.67 Å². The van der Waals surface area contributed by atoms with Crippen LogP contribution in [-0.2, 0) is 11.3 Å². The van der Waals surface area contributed by atoms with Gasteiger partial charge in [0.15, 0.2) is 0 Å². The highest BCUT2D eigenvalue weighted by Crippen LogP contribution is 2.41. The second-order valence-corrected chi connectivity index (χ2v) is 9.62. The summed E-state index contributed by atoms with van der Waals surface area (Å²) < 4.78 is 47.5. The molecule has 4 heterocycles. The van der Waals surface area contributed by atoms with Crippen LogP contribution in [0.2, 0.25) is 0 Å². The van der Waals surface area contributed by atoms with E-state index in [-0.39, 0.29) is 22.8 Å². The lowest BCUT2D eigenvalue weighted by Gasteiger charge is -2.39. The molecule has 2 aromatic rings. The Morgan fingerprint density at radius 1 is 1.25 bits per heavy atom. The van der Waals surface area contributed by atoms with Crippen LogP contribution in [0.1, 0.15) is 36.5 Å². The number of nitrogens with zero attached hydrogens (tertiary/aromatic N) is 3. The number of carbonyl (C=O) groups is 1. The minimum atomic E-state index is -4.68. The highest BCUT2D eigenvalue weighted by Gasteiger charge is 2.45. The highest BCUT2D eigenvalue weighted by molar-refractivity contribution is 5.74. The Balaban J connectivity index is 1.33. The maximum Gasteiger partial charge on any atom is 0.429 e. The maximum absolute atomic E-state index is 14.0. The van der Waals surface area contributed by atoms with Crippen LogP contribution in [-0.4, -0.2) is 59.6 Å². The van der Waals surface area contributed by atoms with Crippen molar-refractivity contribution in [2.45, 2.75) is 44.1 Å². The standard InChI is InChI=1S/C23H28F3N7O3/c24-23(25,26)19(13-1-2-15-14(7-13)10-28-12-30-15)36-18-8-17(31-21(27)32-18)33-5-3-22(4-6-33)9-16(20(34)35)29-11-22/h1-2,7-8,16,19,28-30H,3-6,9-12H2,(H,34,35)(H2,27,31,32)/t16?,19-/m1/s1. The number of benzene rings is 1. The summed E-state index contributed by atoms with van der Waals surface area (Å²) in [6.45, 7) is 2.75. The number of nitrogen functional groups attached to an aromatic ring is 1. The molecule has 1 spiro atoms. The van der Waals surface area contributed by atoms with Crippen molar-refractivity contribution in [3.05, 3.63) is 35.4 Å². The Morgan fingerprint density at radius 3 is 2.72 bits per heavy atom. The van der Waals surface area contributed by atoms with Crippen LogP contribution in [0.25, 0.3) is 0 Å². The number of aliphatic carboxylic acids is 1. The quantitative estimate of drug-likeness (QED) is 0.410. The van der Waals surface area contributed by atoms with Crippen LogP contribution in [0.15, 0.2) is 24.3 Å². The molecule has 1 aromatic carbocycles. The third-order valence-corrected chi connectivity index (χ3v) is 7.20. The Hall–Kier alpha value is -3.32. The van der Waals surface area contributed by atoms with E-state index in [1.54, 1.807) is 6.07 Å². The predicted octanol–water partition coefficient (Wildman–Crippen LogP) is 2.25. The minimum Gasteiger partial charge on any atom is -0.480 e. The zero-order chi connectivity index (χ0) is 25.5. The van der Waals surface area contributed by atoms with Gasteiger partial charge in [-0.25, -0.2) is 0 Å². The number of piperidine rings is 1. The van der Waals surface area contributed by atoms with E-state index in [9.17, 15) is 23.1 Å². The van der Waals surface area contributed by atoms with E-state index in [1.807, 2.05) is 4.90 Å². The minimum absolute atomic E-state index is 0.0351. The molecule has 0 aliphatic carbocycles. The maximum atomic E-state index is 14.0. The molecule has 3 aliphatic rings. The highest BCUT2D eigenvalue weighted by atomic mass is 19.4. The van der Waals surface area contributed by atoms with E-state index >= 15 is 0 Å². The second kappa shape index (κ2) is 9.28. The molecule has 194 valence electrons. The van der Waals surface area contributed by atoms with Gasteiger partial charge in [0.2, 0.25) is 17.9 Å². The lowest BCUT2D eigenvalue weighted by atomic mass is 9.76. The fourth-order valence-corrected chi connectivity index (χ4v) is 5.23. The Kier molecular flexibility index (Phi) is 6.29. The summed E-state index contributed by atoms with van der Waals surface area (Å²) in [6, 6.07) is 5.30. The summed E-state index contributed by atoms with van der Waals surface area (Å²) in [4.78, 5) is 21.4. The monoisotopic (exact) mass is 507 g/mol. The molecule has 2 atom stereocenters. The lowest BCUT2D eigenvalue weighted by Crippen LogP contribution is -2.41. The molecule has 6 N–H and O–H groups in total. The van der Waals surface area contributed by atoms with Crippen LogP contribution in [0.4, 0.5) is 30.6 Å². The molecule has 2 saturated heterocycles. The number of carboxylic acid groups (broad SMARTS) is 1. The molecular formula is C23H28F3N7O3. The molecule has 1 aromatic heterocycles. The number of alkyl halides is 3. The number of ether oxygens (including phenoxy) is 1. The molecule has 0 amide bonds. The number of nitrogens with two attached hydrogens (primary N) is 1. The van der Waals surface area contributed by atoms with Gasteiger partial charge in [-0.2, -0.15) is 23.1 Å². The summed E-state index contributed by atoms with van der Waals surface area (Å²) in [6.07, 6.45) is -4.90. The van der Waals surface area contributed by atoms with Gasteiger partial charge >= 0.3 is 12.1 Å². The van der Waals surface area contributed by atoms with Crippen LogP contribution in [0, 0.1) is 5.41 Å². The van der Waals surface area contributed by atoms with Crippen LogP contribution in [0.3, 0.4) is 0 Å². The Labute approximate surface area is 205 Å². The summed E-state index contributed by atoms with van der Waals surface area (Å²) in [5, 5.41) is 18.5. The molecule has 0 saturated carbocycles. The topological polar surface area (TPSA) is 138 Å². The largest absolute Gasteiger partial charge is 0.480 e. The second-order valence-electron chi connectivity index (χ2n) is 9.62. The van der Waals surface area contributed by atoms with Gasteiger partial charge in [0.25, 0.3) is 0 Å². The van der Waals surface area contributed by atoms with E-state index in [4.69, 9.17) is 10.5 Å². The number of halogens is 3. The van der Waals surface area contributed by atoms with E-state index < -0.39 is 24.3 Å². The van der Waals surface area contributed by atoms with Gasteiger partial charge in [-0.3, -0.25) is 10.1 Å². The van der Waals surface area contributed by atoms with Crippen molar-refractivity contribution < 1.29 is 27.8 Å². The molecule has 0 bridgehead atoms. The molecule has 3 aliphatic heterocycles. The third kappa shape index (κ3) is 4.98. The van der Waals surface area contributed by atoms with Gasteiger partial charge in [-0.1, -0.05) is 6.07 Å². The first kappa shape index (κ1) is 24.4. The molecule has 0 radical (unpaired) electrons. The van der Waals surface area contributed by atoms with Crippen molar-refractivity contribution in [3.8, 4) is 5.88 Å². The smallest absolute Gasteiger partial charge is 0.429 e. The number of carboxylic acids is 1. The van der Waals surface area contributed by atoms with Crippen molar-refractivity contribution in [2.24, 2.45) is 5.41 Å². The Morgan fingerprint density at radius 2 is 2.03 bits per heavy atom. The molecule has 5 rings (SSSR count). The third-order valence-electron chi connectivity index (χ3n) is 7.20. The van der Waals surface area contributed by atoms with E-state index in [2.05, 4.69) is 25.9 Å². The van der Waals surface area contributed by atoms with Gasteiger partial charge in [0.1, 0.15) is 11.9 Å². The lowest BCUT2D eigenvalue weighted by molar-refractivity contribution is -0.198. The number of aromatic nitrogens is 2. The zero-order valence-corrected chi connectivity index (χ0v) is 19.4. The zero-order valence-electron chi connectivity index (χ0n) is 19.4. The number of nitrogens with one attached hydrogen (secondary N) is 3. The average Bonchev–Trinajstić information content (AvgIpc) is 3.25. The van der Waals surface area contributed by atoms with Crippen molar-refractivity contribution in [3.63, 3.8) is 0 Å². The number of fused-ring (bicyclic) bond motifs is 1. The molecular weight excluding hydrogens is 479 g/mol. The van der Waals surface area contributed by atoms with Gasteiger partial charge in [0, 0.05) is 43.5 Å². The van der Waals surface area contributed by atoms with Gasteiger partial charge < -0.3 is 31.1 Å². The van der Waals surface area contributed by atoms with Gasteiger partial charge in [-0.15, -0.1) is 0 Å². The Bertz CT molecular complexity index is 1140. The number of rotatable bonds is 5. The predicted molar refractivity (Wildman–Crippen MR) is 126 cm³/mol. The van der Waals surface area contributed by atoms with Crippen molar-refractivity contribution in [1.82, 2.24) is 20.6 Å². The average molecular weight is 508 g/mol. The van der Waals surface area contributed by atoms with Crippen LogP contribution in [0.5, 0.6) is 5.88 Å². The molecule has 10 nitrogen and oxygen atoms in total. The molecule has 1 unspecified atom stereocenters. The molecule has 13 heteroatoms. The van der Waals surface area contributed by atoms with Gasteiger partial charge in [-0.05, 0) is 42.4 Å². The van der Waals surface area contributed by atoms with E-state index in [0.717, 1.165) is 18.5 Å². The summed E-state index contributed by atoms with van der Waals surface area (Å²) in [5.41, 5.74) is 7.19. The van der Waals surface area contributed by atoms with Crippen LogP contribution < -0.4 is 31.3 Å². The van der Waals surface area contributed by atoms with Crippen molar-refractivity contribution >= 4 is 23.4 Å². The van der Waals surface area contributed by atoms with E-state index in [0.29, 0.717) is 50.6 Å².